The average Bonchev–Trinajstić information content (AvgIpc) is 3.23. The molecule has 0 bridgehead atoms. The molecular weight excluding hydrogens is 680 g/mol. The zero-order chi connectivity index (χ0) is 37.5. The number of nitrogens with zero attached hydrogens (tertiary/aromatic N) is 4. The number of rotatable bonds is 6. The van der Waals surface area contributed by atoms with Gasteiger partial charge in [0, 0.05) is 27.8 Å². The molecule has 0 aliphatic carbocycles. The minimum Gasteiger partial charge on any atom is -0.482 e. The van der Waals surface area contributed by atoms with Crippen LogP contribution in [0.2, 0.25) is 0 Å². The van der Waals surface area contributed by atoms with Crippen LogP contribution in [-0.4, -0.2) is 15.0 Å². The van der Waals surface area contributed by atoms with E-state index in [1.165, 1.54) is 12.1 Å². The first-order chi connectivity index (χ1) is 26.8. The monoisotopic (exact) mass is 712 g/mol. The lowest BCUT2D eigenvalue weighted by atomic mass is 9.85. The first-order valence-electron chi connectivity index (χ1n) is 18.1. The lowest BCUT2D eigenvalue weighted by Gasteiger charge is -2.35. The molecule has 0 fully saturated rings. The summed E-state index contributed by atoms with van der Waals surface area (Å²) >= 11 is 0. The van der Waals surface area contributed by atoms with Gasteiger partial charge in [-0.05, 0) is 89.2 Å². The number of halogens is 1. The summed E-state index contributed by atoms with van der Waals surface area (Å²) in [6, 6.07) is 54.9. The van der Waals surface area contributed by atoms with E-state index >= 15 is 4.39 Å². The molecule has 262 valence electrons. The van der Waals surface area contributed by atoms with Crippen LogP contribution in [0, 0.1) is 17.1 Å². The number of hydrogen-bond acceptors (Lipinski definition) is 5. The fourth-order valence-corrected chi connectivity index (χ4v) is 7.43. The maximum atomic E-state index is 15.8. The number of benzene rings is 7. The van der Waals surface area contributed by atoms with Gasteiger partial charge in [0.2, 0.25) is 0 Å². The van der Waals surface area contributed by atoms with E-state index in [1.807, 2.05) is 121 Å². The minimum absolute atomic E-state index is 0.329. The molecule has 0 radical (unpaired) electrons. The lowest BCUT2D eigenvalue weighted by molar-refractivity contribution is 0.106. The smallest absolute Gasteiger partial charge is 0.164 e. The number of fused-ring (bicyclic) bond motifs is 3. The fraction of sp³-hybridized carbons (Fsp3) is 0.0612. The largest absolute Gasteiger partial charge is 0.482 e. The second-order valence-electron chi connectivity index (χ2n) is 14.1. The van der Waals surface area contributed by atoms with Gasteiger partial charge in [0.25, 0.3) is 0 Å². The van der Waals surface area contributed by atoms with Gasteiger partial charge in [-0.2, -0.15) is 5.26 Å². The molecule has 0 atom stereocenters. The maximum Gasteiger partial charge on any atom is 0.164 e. The Balaban J connectivity index is 1.20. The van der Waals surface area contributed by atoms with Crippen LogP contribution in [0.25, 0.3) is 78.7 Å². The molecular formula is C49H33FN4O. The van der Waals surface area contributed by atoms with Gasteiger partial charge in [0.15, 0.2) is 17.5 Å². The molecule has 7 aromatic carbocycles. The second-order valence-corrected chi connectivity index (χ2v) is 14.1. The van der Waals surface area contributed by atoms with Crippen LogP contribution < -0.4 is 4.74 Å². The molecule has 1 aliphatic rings. The third-order valence-electron chi connectivity index (χ3n) is 10.1. The van der Waals surface area contributed by atoms with Crippen LogP contribution in [0.4, 0.5) is 4.39 Å². The summed E-state index contributed by atoms with van der Waals surface area (Å²) in [5, 5.41) is 9.84. The van der Waals surface area contributed by atoms with E-state index in [1.54, 1.807) is 6.07 Å². The van der Waals surface area contributed by atoms with Crippen molar-refractivity contribution in [3.8, 4) is 90.5 Å². The second kappa shape index (κ2) is 13.6. The van der Waals surface area contributed by atoms with Gasteiger partial charge in [-0.15, -0.1) is 0 Å². The Bertz CT molecular complexity index is 2810. The molecule has 5 nitrogen and oxygen atoms in total. The van der Waals surface area contributed by atoms with Gasteiger partial charge >= 0.3 is 0 Å². The SMILES string of the molecule is CC1(C)Oc2cc(-c3cc(F)cc(-c4nc(-c5cccc(-c6ccccc6C#N)c5)nc(-c5ccccc5-c5ccccc5)n4)c3)ccc2-c2ccccc21. The lowest BCUT2D eigenvalue weighted by Crippen LogP contribution is -2.29. The summed E-state index contributed by atoms with van der Waals surface area (Å²) in [6.45, 7) is 4.12. The Morgan fingerprint density at radius 1 is 0.473 bits per heavy atom. The van der Waals surface area contributed by atoms with Crippen LogP contribution in [0.15, 0.2) is 164 Å². The topological polar surface area (TPSA) is 71.7 Å². The Kier molecular flexibility index (Phi) is 8.33. The van der Waals surface area contributed by atoms with E-state index in [2.05, 4.69) is 44.2 Å². The molecule has 0 amide bonds. The molecule has 0 spiro atoms. The van der Waals surface area contributed by atoms with E-state index < -0.39 is 11.4 Å². The van der Waals surface area contributed by atoms with Gasteiger partial charge in [-0.1, -0.05) is 127 Å². The zero-order valence-electron chi connectivity index (χ0n) is 30.2. The Morgan fingerprint density at radius 3 is 1.87 bits per heavy atom. The molecule has 2 heterocycles. The van der Waals surface area contributed by atoms with E-state index in [0.29, 0.717) is 34.2 Å². The van der Waals surface area contributed by atoms with Crippen LogP contribution in [-0.2, 0) is 5.60 Å². The van der Waals surface area contributed by atoms with Gasteiger partial charge < -0.3 is 4.74 Å². The van der Waals surface area contributed by atoms with Crippen LogP contribution in [0.1, 0.15) is 25.0 Å². The Morgan fingerprint density at radius 2 is 1.07 bits per heavy atom. The van der Waals surface area contributed by atoms with E-state index in [0.717, 1.165) is 61.4 Å². The molecule has 6 heteroatoms. The predicted molar refractivity (Wildman–Crippen MR) is 216 cm³/mol. The van der Waals surface area contributed by atoms with Crippen molar-refractivity contribution in [3.05, 3.63) is 181 Å². The van der Waals surface area contributed by atoms with Crippen molar-refractivity contribution in [3.63, 3.8) is 0 Å². The highest BCUT2D eigenvalue weighted by molar-refractivity contribution is 5.84. The van der Waals surface area contributed by atoms with Gasteiger partial charge in [-0.3, -0.25) is 0 Å². The van der Waals surface area contributed by atoms with Crippen molar-refractivity contribution in [2.24, 2.45) is 0 Å². The third kappa shape index (κ3) is 6.32. The Labute approximate surface area is 319 Å². The predicted octanol–water partition coefficient (Wildman–Crippen LogP) is 12.2. The fourth-order valence-electron chi connectivity index (χ4n) is 7.43. The highest BCUT2D eigenvalue weighted by Gasteiger charge is 2.32. The molecule has 0 saturated heterocycles. The van der Waals surface area contributed by atoms with Crippen LogP contribution in [0.5, 0.6) is 5.75 Å². The number of ether oxygens (including phenoxy) is 1. The highest BCUT2D eigenvalue weighted by Crippen LogP contribution is 2.46. The normalized spacial score (nSPS) is 12.5. The molecule has 0 saturated carbocycles. The van der Waals surface area contributed by atoms with Crippen molar-refractivity contribution < 1.29 is 9.13 Å². The third-order valence-corrected chi connectivity index (χ3v) is 10.1. The summed E-state index contributed by atoms with van der Waals surface area (Å²) < 4.78 is 22.3. The molecule has 9 rings (SSSR count). The van der Waals surface area contributed by atoms with E-state index in [-0.39, 0.29) is 0 Å². The average molecular weight is 713 g/mol. The van der Waals surface area contributed by atoms with Crippen molar-refractivity contribution in [2.45, 2.75) is 19.4 Å². The number of hydrogen-bond donors (Lipinski definition) is 0. The number of nitriles is 1. The first kappa shape index (κ1) is 33.6. The quantitative estimate of drug-likeness (QED) is 0.172. The molecule has 8 aromatic rings. The summed E-state index contributed by atoms with van der Waals surface area (Å²) in [5.41, 5.74) is 10.5. The minimum atomic E-state index is -0.531. The molecule has 0 N–H and O–H groups in total. The molecule has 1 aliphatic heterocycles. The Hall–Kier alpha value is -7.23. The van der Waals surface area contributed by atoms with Gasteiger partial charge in [0.1, 0.15) is 17.2 Å². The maximum absolute atomic E-state index is 15.8. The van der Waals surface area contributed by atoms with Crippen LogP contribution >= 0.6 is 0 Å². The van der Waals surface area contributed by atoms with Gasteiger partial charge in [-0.25, -0.2) is 19.3 Å². The van der Waals surface area contributed by atoms with E-state index in [9.17, 15) is 5.26 Å². The summed E-state index contributed by atoms with van der Waals surface area (Å²) in [4.78, 5) is 15.1. The highest BCUT2D eigenvalue weighted by atomic mass is 19.1. The number of aromatic nitrogens is 3. The molecule has 0 unspecified atom stereocenters. The van der Waals surface area contributed by atoms with E-state index in [4.69, 9.17) is 19.7 Å². The van der Waals surface area contributed by atoms with Crippen molar-refractivity contribution >= 4 is 0 Å². The summed E-state index contributed by atoms with van der Waals surface area (Å²) in [7, 11) is 0. The van der Waals surface area contributed by atoms with Crippen LogP contribution in [0.3, 0.4) is 0 Å². The standard InChI is InChI=1S/C49H33FN4O/c1-49(2)44-22-11-10-20-41(44)42-24-23-32(29-45(42)55-49)36-26-37(28-38(50)27-36)47-52-46(34-17-12-16-33(25-34)39-18-7-6-15-35(39)30-51)53-48(54-47)43-21-9-8-19-40(43)31-13-4-3-5-14-31/h3-29H,1-2H3. The summed E-state index contributed by atoms with van der Waals surface area (Å²) in [5.74, 6) is 1.53. The molecule has 1 aromatic heterocycles. The summed E-state index contributed by atoms with van der Waals surface area (Å²) in [6.07, 6.45) is 0. The van der Waals surface area contributed by atoms with Crippen molar-refractivity contribution in [1.82, 2.24) is 15.0 Å². The first-order valence-corrected chi connectivity index (χ1v) is 18.1. The van der Waals surface area contributed by atoms with Crippen molar-refractivity contribution in [1.29, 1.82) is 5.26 Å². The zero-order valence-corrected chi connectivity index (χ0v) is 30.2. The molecule has 55 heavy (non-hydrogen) atoms. The van der Waals surface area contributed by atoms with Crippen molar-refractivity contribution in [2.75, 3.05) is 0 Å². The van der Waals surface area contributed by atoms with Gasteiger partial charge in [0.05, 0.1) is 11.6 Å².